The maximum Gasteiger partial charge on any atom is 0.255 e. The summed E-state index contributed by atoms with van der Waals surface area (Å²) in [5.41, 5.74) is 1.96. The molecule has 0 radical (unpaired) electrons. The van der Waals surface area contributed by atoms with E-state index in [0.717, 1.165) is 5.56 Å². The Balaban J connectivity index is 2.21. The van der Waals surface area contributed by atoms with Crippen molar-refractivity contribution in [1.29, 1.82) is 0 Å². The SMILES string of the molecule is CCOc1ccccc1C(=O)NC(C(=O)Nc1cc(C)ccc1OC)C(C)C. The standard InChI is InChI=1S/C22H28N2O4/c1-6-28-18-10-8-7-9-16(18)21(25)24-20(14(2)3)22(26)23-17-13-15(4)11-12-19(17)27-5/h7-14,20H,6H2,1-5H3,(H,23,26)(H,24,25). The van der Waals surface area contributed by atoms with Crippen LogP contribution in [0.2, 0.25) is 0 Å². The lowest BCUT2D eigenvalue weighted by Gasteiger charge is -2.23. The molecule has 0 aliphatic carbocycles. The number of aryl methyl sites for hydroxylation is 1. The van der Waals surface area contributed by atoms with Gasteiger partial charge < -0.3 is 20.1 Å². The number of benzene rings is 2. The Labute approximate surface area is 166 Å². The average molecular weight is 384 g/mol. The van der Waals surface area contributed by atoms with Gasteiger partial charge in [0.25, 0.3) is 5.91 Å². The Kier molecular flexibility index (Phi) is 7.44. The molecule has 1 atom stereocenters. The van der Waals surface area contributed by atoms with E-state index in [9.17, 15) is 9.59 Å². The monoisotopic (exact) mass is 384 g/mol. The van der Waals surface area contributed by atoms with E-state index in [2.05, 4.69) is 10.6 Å². The number of para-hydroxylation sites is 1. The third-order valence-electron chi connectivity index (χ3n) is 4.28. The molecule has 0 aliphatic rings. The van der Waals surface area contributed by atoms with Crippen LogP contribution in [0.5, 0.6) is 11.5 Å². The minimum Gasteiger partial charge on any atom is -0.495 e. The number of ether oxygens (including phenoxy) is 2. The summed E-state index contributed by atoms with van der Waals surface area (Å²) in [6, 6.07) is 11.8. The molecule has 0 bridgehead atoms. The molecule has 2 aromatic carbocycles. The molecule has 0 saturated carbocycles. The summed E-state index contributed by atoms with van der Waals surface area (Å²) in [5.74, 6) is 0.287. The molecule has 6 heteroatoms. The molecule has 150 valence electrons. The number of anilines is 1. The lowest BCUT2D eigenvalue weighted by atomic mass is 10.0. The highest BCUT2D eigenvalue weighted by molar-refractivity contribution is 6.03. The van der Waals surface area contributed by atoms with Gasteiger partial charge in [-0.05, 0) is 49.6 Å². The Morgan fingerprint density at radius 2 is 1.79 bits per heavy atom. The van der Waals surface area contributed by atoms with Crippen molar-refractivity contribution in [2.45, 2.75) is 33.7 Å². The van der Waals surface area contributed by atoms with Gasteiger partial charge in [-0.25, -0.2) is 0 Å². The summed E-state index contributed by atoms with van der Waals surface area (Å²) in [7, 11) is 1.55. The smallest absolute Gasteiger partial charge is 0.255 e. The fourth-order valence-corrected chi connectivity index (χ4v) is 2.82. The van der Waals surface area contributed by atoms with Crippen LogP contribution in [0.3, 0.4) is 0 Å². The highest BCUT2D eigenvalue weighted by Gasteiger charge is 2.26. The zero-order valence-corrected chi connectivity index (χ0v) is 17.0. The Bertz CT molecular complexity index is 833. The molecule has 28 heavy (non-hydrogen) atoms. The minimum absolute atomic E-state index is 0.112. The molecule has 2 rings (SSSR count). The summed E-state index contributed by atoms with van der Waals surface area (Å²) in [5, 5.41) is 5.70. The summed E-state index contributed by atoms with van der Waals surface area (Å²) >= 11 is 0. The molecule has 2 aromatic rings. The minimum atomic E-state index is -0.715. The normalized spacial score (nSPS) is 11.6. The van der Waals surface area contributed by atoms with Crippen LogP contribution in [-0.4, -0.2) is 31.6 Å². The first kappa shape index (κ1) is 21.3. The van der Waals surface area contributed by atoms with E-state index in [1.54, 1.807) is 37.4 Å². The first-order valence-electron chi connectivity index (χ1n) is 9.35. The van der Waals surface area contributed by atoms with Crippen molar-refractivity contribution in [2.24, 2.45) is 5.92 Å². The molecular formula is C22H28N2O4. The van der Waals surface area contributed by atoms with Gasteiger partial charge in [-0.2, -0.15) is 0 Å². The van der Waals surface area contributed by atoms with E-state index >= 15 is 0 Å². The number of carbonyl (C=O) groups is 2. The van der Waals surface area contributed by atoms with Crippen molar-refractivity contribution in [3.8, 4) is 11.5 Å². The molecule has 6 nitrogen and oxygen atoms in total. The largest absolute Gasteiger partial charge is 0.495 e. The van der Waals surface area contributed by atoms with Crippen molar-refractivity contribution in [3.05, 3.63) is 53.6 Å². The lowest BCUT2D eigenvalue weighted by Crippen LogP contribution is -2.47. The number of amides is 2. The van der Waals surface area contributed by atoms with Crippen LogP contribution in [-0.2, 0) is 4.79 Å². The van der Waals surface area contributed by atoms with Gasteiger partial charge in [0.1, 0.15) is 17.5 Å². The van der Waals surface area contributed by atoms with Crippen LogP contribution in [0.4, 0.5) is 5.69 Å². The van der Waals surface area contributed by atoms with Crippen molar-refractivity contribution in [1.82, 2.24) is 5.32 Å². The zero-order valence-electron chi connectivity index (χ0n) is 17.0. The molecule has 0 spiro atoms. The van der Waals surface area contributed by atoms with Gasteiger partial charge in [0.05, 0.1) is 25.0 Å². The first-order valence-corrected chi connectivity index (χ1v) is 9.35. The van der Waals surface area contributed by atoms with E-state index < -0.39 is 6.04 Å². The predicted molar refractivity (Wildman–Crippen MR) is 110 cm³/mol. The van der Waals surface area contributed by atoms with Gasteiger partial charge in [0.15, 0.2) is 0 Å². The Hall–Kier alpha value is -3.02. The van der Waals surface area contributed by atoms with Crippen LogP contribution in [0.25, 0.3) is 0 Å². The van der Waals surface area contributed by atoms with Crippen molar-refractivity contribution < 1.29 is 19.1 Å². The van der Waals surface area contributed by atoms with Crippen LogP contribution < -0.4 is 20.1 Å². The van der Waals surface area contributed by atoms with Crippen molar-refractivity contribution >= 4 is 17.5 Å². The fourth-order valence-electron chi connectivity index (χ4n) is 2.82. The Morgan fingerprint density at radius 1 is 1.07 bits per heavy atom. The molecule has 0 fully saturated rings. The van der Waals surface area contributed by atoms with Crippen LogP contribution in [0.1, 0.15) is 36.7 Å². The summed E-state index contributed by atoms with van der Waals surface area (Å²) in [6.07, 6.45) is 0. The second kappa shape index (κ2) is 9.78. The third-order valence-corrected chi connectivity index (χ3v) is 4.28. The predicted octanol–water partition coefficient (Wildman–Crippen LogP) is 3.80. The fraction of sp³-hybridized carbons (Fsp3) is 0.364. The second-order valence-corrected chi connectivity index (χ2v) is 6.82. The van der Waals surface area contributed by atoms with Gasteiger partial charge in [-0.1, -0.05) is 32.0 Å². The summed E-state index contributed by atoms with van der Waals surface area (Å²) < 4.78 is 10.8. The lowest BCUT2D eigenvalue weighted by molar-refractivity contribution is -0.118. The van der Waals surface area contributed by atoms with Crippen LogP contribution in [0.15, 0.2) is 42.5 Å². The van der Waals surface area contributed by atoms with Gasteiger partial charge in [0, 0.05) is 0 Å². The van der Waals surface area contributed by atoms with Crippen molar-refractivity contribution in [2.75, 3.05) is 19.0 Å². The second-order valence-electron chi connectivity index (χ2n) is 6.82. The molecule has 2 amide bonds. The van der Waals surface area contributed by atoms with Gasteiger partial charge in [-0.3, -0.25) is 9.59 Å². The number of methoxy groups -OCH3 is 1. The van der Waals surface area contributed by atoms with E-state index in [1.807, 2.05) is 39.8 Å². The van der Waals surface area contributed by atoms with E-state index in [1.165, 1.54) is 0 Å². The molecule has 0 aromatic heterocycles. The molecule has 0 heterocycles. The van der Waals surface area contributed by atoms with Crippen molar-refractivity contribution in [3.63, 3.8) is 0 Å². The quantitative estimate of drug-likeness (QED) is 0.726. The molecule has 0 saturated heterocycles. The van der Waals surface area contributed by atoms with Crippen LogP contribution in [0, 0.1) is 12.8 Å². The third kappa shape index (κ3) is 5.25. The highest BCUT2D eigenvalue weighted by atomic mass is 16.5. The maximum atomic E-state index is 12.9. The van der Waals surface area contributed by atoms with Crippen LogP contribution >= 0.6 is 0 Å². The van der Waals surface area contributed by atoms with E-state index in [4.69, 9.17) is 9.47 Å². The molecule has 0 aliphatic heterocycles. The number of hydrogen-bond donors (Lipinski definition) is 2. The molecular weight excluding hydrogens is 356 g/mol. The van der Waals surface area contributed by atoms with E-state index in [-0.39, 0.29) is 17.7 Å². The van der Waals surface area contributed by atoms with Gasteiger partial charge in [0.2, 0.25) is 5.91 Å². The highest BCUT2D eigenvalue weighted by Crippen LogP contribution is 2.26. The number of rotatable bonds is 8. The number of hydrogen-bond acceptors (Lipinski definition) is 4. The molecule has 1 unspecified atom stereocenters. The topological polar surface area (TPSA) is 76.7 Å². The zero-order chi connectivity index (χ0) is 20.7. The summed E-state index contributed by atoms with van der Waals surface area (Å²) in [4.78, 5) is 25.7. The number of carbonyl (C=O) groups excluding carboxylic acids is 2. The maximum absolute atomic E-state index is 12.9. The van der Waals surface area contributed by atoms with E-state index in [0.29, 0.717) is 29.4 Å². The van der Waals surface area contributed by atoms with Gasteiger partial charge >= 0.3 is 0 Å². The Morgan fingerprint density at radius 3 is 2.43 bits per heavy atom. The van der Waals surface area contributed by atoms with Gasteiger partial charge in [-0.15, -0.1) is 0 Å². The average Bonchev–Trinajstić information content (AvgIpc) is 2.66. The summed E-state index contributed by atoms with van der Waals surface area (Å²) in [6.45, 7) is 8.00. The first-order chi connectivity index (χ1) is 13.4. The molecule has 2 N–H and O–H groups in total. The number of nitrogens with one attached hydrogen (secondary N) is 2.